The van der Waals surface area contributed by atoms with E-state index in [4.69, 9.17) is 10.5 Å². The van der Waals surface area contributed by atoms with Gasteiger partial charge in [0.2, 0.25) is 5.88 Å². The van der Waals surface area contributed by atoms with Crippen LogP contribution in [0, 0.1) is 0 Å². The first-order valence-electron chi connectivity index (χ1n) is 3.32. The van der Waals surface area contributed by atoms with Crippen LogP contribution in [-0.2, 0) is 0 Å². The van der Waals surface area contributed by atoms with E-state index < -0.39 is 0 Å². The molecule has 1 rings (SSSR count). The molecule has 0 spiro atoms. The van der Waals surface area contributed by atoms with Crippen LogP contribution in [0.3, 0.4) is 0 Å². The van der Waals surface area contributed by atoms with E-state index in [0.717, 1.165) is 0 Å². The van der Waals surface area contributed by atoms with Gasteiger partial charge in [-0.3, -0.25) is 0 Å². The highest BCUT2D eigenvalue weighted by Gasteiger charge is 1.97. The fourth-order valence-corrected chi connectivity index (χ4v) is 0.802. The molecule has 0 aliphatic rings. The van der Waals surface area contributed by atoms with Crippen LogP contribution in [0.25, 0.3) is 0 Å². The molecule has 11 heavy (non-hydrogen) atoms. The second-order valence-corrected chi connectivity index (χ2v) is 2.47. The average Bonchev–Trinajstić information content (AvgIpc) is 1.98. The van der Waals surface area contributed by atoms with Crippen LogP contribution in [0.4, 0.5) is 5.82 Å². The summed E-state index contributed by atoms with van der Waals surface area (Å²) in [5.41, 5.74) is 5.48. The molecule has 0 saturated heterocycles. The summed E-state index contributed by atoms with van der Waals surface area (Å²) in [6.07, 6.45) is 0. The first-order chi connectivity index (χ1) is 5.24. The fourth-order valence-electron chi connectivity index (χ4n) is 0.677. The van der Waals surface area contributed by atoms with Gasteiger partial charge >= 0.3 is 0 Å². The molecular formula is C7H10N2OS. The Bertz CT molecular complexity index is 252. The molecule has 0 atom stereocenters. The van der Waals surface area contributed by atoms with Gasteiger partial charge in [-0.25, -0.2) is 0 Å². The highest BCUT2D eigenvalue weighted by molar-refractivity contribution is 7.80. The Morgan fingerprint density at radius 1 is 1.64 bits per heavy atom. The maximum absolute atomic E-state index is 5.48. The lowest BCUT2D eigenvalue weighted by molar-refractivity contribution is 0.327. The lowest BCUT2D eigenvalue weighted by Gasteiger charge is -2.02. The number of rotatable bonds is 2. The summed E-state index contributed by atoms with van der Waals surface area (Å²) in [7, 11) is 0. The molecule has 0 radical (unpaired) electrons. The monoisotopic (exact) mass is 170 g/mol. The molecule has 1 aromatic rings. The molecule has 0 aliphatic heterocycles. The molecule has 0 aromatic carbocycles. The minimum absolute atomic E-state index is 0.402. The zero-order valence-electron chi connectivity index (χ0n) is 6.24. The van der Waals surface area contributed by atoms with Crippen molar-refractivity contribution in [2.75, 3.05) is 12.3 Å². The first-order valence-corrected chi connectivity index (χ1v) is 3.77. The molecule has 1 heterocycles. The van der Waals surface area contributed by atoms with Crippen molar-refractivity contribution < 1.29 is 4.74 Å². The SMILES string of the molecule is CCOc1ccc(S)c(N)n1. The van der Waals surface area contributed by atoms with Crippen molar-refractivity contribution in [2.45, 2.75) is 11.8 Å². The van der Waals surface area contributed by atoms with Gasteiger partial charge in [0.25, 0.3) is 0 Å². The molecule has 0 bridgehead atoms. The molecular weight excluding hydrogens is 160 g/mol. The number of nitrogens with zero attached hydrogens (tertiary/aromatic N) is 1. The van der Waals surface area contributed by atoms with Gasteiger partial charge < -0.3 is 10.5 Å². The Labute approximate surface area is 71.0 Å². The van der Waals surface area contributed by atoms with E-state index in [1.807, 2.05) is 6.92 Å². The van der Waals surface area contributed by atoms with Gasteiger partial charge in [-0.2, -0.15) is 4.98 Å². The largest absolute Gasteiger partial charge is 0.478 e. The van der Waals surface area contributed by atoms with Gasteiger partial charge in [0.15, 0.2) is 0 Å². The number of hydrogen-bond acceptors (Lipinski definition) is 4. The van der Waals surface area contributed by atoms with Crippen LogP contribution in [0.1, 0.15) is 6.92 Å². The van der Waals surface area contributed by atoms with E-state index in [0.29, 0.717) is 23.2 Å². The molecule has 60 valence electrons. The molecule has 4 heteroatoms. The molecule has 0 amide bonds. The molecule has 3 nitrogen and oxygen atoms in total. The van der Waals surface area contributed by atoms with Gasteiger partial charge in [0.1, 0.15) is 5.82 Å². The smallest absolute Gasteiger partial charge is 0.215 e. The summed E-state index contributed by atoms with van der Waals surface area (Å²) in [5.74, 6) is 0.946. The van der Waals surface area contributed by atoms with Crippen molar-refractivity contribution in [1.82, 2.24) is 4.98 Å². The minimum Gasteiger partial charge on any atom is -0.478 e. The van der Waals surface area contributed by atoms with Gasteiger partial charge in [-0.15, -0.1) is 12.6 Å². The normalized spacial score (nSPS) is 9.64. The summed E-state index contributed by atoms with van der Waals surface area (Å²) in [6, 6.07) is 3.50. The third-order valence-corrected chi connectivity index (χ3v) is 1.55. The fraction of sp³-hybridized carbons (Fsp3) is 0.286. The third kappa shape index (κ3) is 2.01. The van der Waals surface area contributed by atoms with Crippen molar-refractivity contribution in [3.8, 4) is 5.88 Å². The number of nitrogens with two attached hydrogens (primary N) is 1. The number of ether oxygens (including phenoxy) is 1. The van der Waals surface area contributed by atoms with Crippen LogP contribution < -0.4 is 10.5 Å². The standard InChI is InChI=1S/C7H10N2OS/c1-2-10-6-4-3-5(11)7(8)9-6/h3-4,11H,2H2,1H3,(H2,8,9). The topological polar surface area (TPSA) is 48.1 Å². The van der Waals surface area contributed by atoms with Crippen molar-refractivity contribution >= 4 is 18.4 Å². The third-order valence-electron chi connectivity index (χ3n) is 1.17. The molecule has 0 fully saturated rings. The minimum atomic E-state index is 0.402. The van der Waals surface area contributed by atoms with Crippen LogP contribution >= 0.6 is 12.6 Å². The van der Waals surface area contributed by atoms with E-state index in [9.17, 15) is 0 Å². The predicted octanol–water partition coefficient (Wildman–Crippen LogP) is 1.35. The zero-order chi connectivity index (χ0) is 8.27. The zero-order valence-corrected chi connectivity index (χ0v) is 7.14. The summed E-state index contributed by atoms with van der Waals surface area (Å²) in [5, 5.41) is 0. The highest BCUT2D eigenvalue weighted by atomic mass is 32.1. The Kier molecular flexibility index (Phi) is 2.59. The van der Waals surface area contributed by atoms with Crippen LogP contribution in [-0.4, -0.2) is 11.6 Å². The average molecular weight is 170 g/mol. The van der Waals surface area contributed by atoms with Crippen LogP contribution in [0.2, 0.25) is 0 Å². The Balaban J connectivity index is 2.86. The quantitative estimate of drug-likeness (QED) is 0.659. The van der Waals surface area contributed by atoms with E-state index in [2.05, 4.69) is 17.6 Å². The highest BCUT2D eigenvalue weighted by Crippen LogP contribution is 2.17. The molecule has 1 aromatic heterocycles. The second-order valence-electron chi connectivity index (χ2n) is 1.99. The summed E-state index contributed by atoms with van der Waals surface area (Å²) in [6.45, 7) is 2.49. The molecule has 0 saturated carbocycles. The number of pyridine rings is 1. The number of nitrogen functional groups attached to an aromatic ring is 1. The molecule has 0 unspecified atom stereocenters. The van der Waals surface area contributed by atoms with Gasteiger partial charge in [0, 0.05) is 11.0 Å². The predicted molar refractivity (Wildman–Crippen MR) is 47.1 cm³/mol. The van der Waals surface area contributed by atoms with Crippen molar-refractivity contribution in [3.05, 3.63) is 12.1 Å². The van der Waals surface area contributed by atoms with E-state index >= 15 is 0 Å². The Hall–Kier alpha value is -0.900. The maximum atomic E-state index is 5.48. The number of anilines is 1. The van der Waals surface area contributed by atoms with Crippen molar-refractivity contribution in [3.63, 3.8) is 0 Å². The van der Waals surface area contributed by atoms with E-state index in [-0.39, 0.29) is 0 Å². The van der Waals surface area contributed by atoms with Gasteiger partial charge in [0.05, 0.1) is 6.61 Å². The Morgan fingerprint density at radius 3 is 2.91 bits per heavy atom. The molecule has 2 N–H and O–H groups in total. The lowest BCUT2D eigenvalue weighted by Crippen LogP contribution is -1.97. The van der Waals surface area contributed by atoms with Crippen LogP contribution in [0.15, 0.2) is 17.0 Å². The number of hydrogen-bond donors (Lipinski definition) is 2. The number of aromatic nitrogens is 1. The second kappa shape index (κ2) is 3.48. The number of thiol groups is 1. The lowest BCUT2D eigenvalue weighted by atomic mass is 10.4. The Morgan fingerprint density at radius 2 is 2.36 bits per heavy atom. The first kappa shape index (κ1) is 8.20. The van der Waals surface area contributed by atoms with Crippen molar-refractivity contribution in [2.24, 2.45) is 0 Å². The van der Waals surface area contributed by atoms with Gasteiger partial charge in [-0.05, 0) is 13.0 Å². The van der Waals surface area contributed by atoms with E-state index in [1.165, 1.54) is 0 Å². The van der Waals surface area contributed by atoms with E-state index in [1.54, 1.807) is 12.1 Å². The van der Waals surface area contributed by atoms with Crippen LogP contribution in [0.5, 0.6) is 5.88 Å². The molecule has 0 aliphatic carbocycles. The summed E-state index contributed by atoms with van der Waals surface area (Å²) in [4.78, 5) is 4.62. The maximum Gasteiger partial charge on any atom is 0.215 e. The summed E-state index contributed by atoms with van der Waals surface area (Å²) >= 11 is 4.07. The van der Waals surface area contributed by atoms with Gasteiger partial charge in [-0.1, -0.05) is 0 Å². The summed E-state index contributed by atoms with van der Waals surface area (Å²) < 4.78 is 5.12. The van der Waals surface area contributed by atoms with Crippen molar-refractivity contribution in [1.29, 1.82) is 0 Å².